The maximum absolute atomic E-state index is 5.05. The first-order valence-corrected chi connectivity index (χ1v) is 6.70. The SMILES string of the molecule is COCCCCN1CCC(C)C1CBr. The van der Waals surface area contributed by atoms with Crippen LogP contribution in [0.1, 0.15) is 26.2 Å². The summed E-state index contributed by atoms with van der Waals surface area (Å²) in [5.41, 5.74) is 0. The molecule has 0 amide bonds. The van der Waals surface area contributed by atoms with Crippen molar-refractivity contribution in [2.24, 2.45) is 5.92 Å². The van der Waals surface area contributed by atoms with E-state index in [1.54, 1.807) is 7.11 Å². The first kappa shape index (κ1) is 12.5. The fourth-order valence-corrected chi connectivity index (χ4v) is 3.22. The van der Waals surface area contributed by atoms with Crippen LogP contribution in [0.3, 0.4) is 0 Å². The first-order valence-electron chi connectivity index (χ1n) is 5.58. The molecule has 1 aliphatic heterocycles. The monoisotopic (exact) mass is 263 g/mol. The van der Waals surface area contributed by atoms with Crippen LogP contribution < -0.4 is 0 Å². The molecule has 84 valence electrons. The summed E-state index contributed by atoms with van der Waals surface area (Å²) >= 11 is 3.61. The van der Waals surface area contributed by atoms with E-state index >= 15 is 0 Å². The van der Waals surface area contributed by atoms with Crippen LogP contribution in [-0.2, 0) is 4.74 Å². The van der Waals surface area contributed by atoms with E-state index in [2.05, 4.69) is 27.8 Å². The molecular weight excluding hydrogens is 242 g/mol. The molecule has 0 aromatic carbocycles. The van der Waals surface area contributed by atoms with E-state index in [9.17, 15) is 0 Å². The molecule has 0 bridgehead atoms. The van der Waals surface area contributed by atoms with Crippen molar-refractivity contribution in [2.45, 2.75) is 32.2 Å². The van der Waals surface area contributed by atoms with Gasteiger partial charge in [-0.2, -0.15) is 0 Å². The summed E-state index contributed by atoms with van der Waals surface area (Å²) < 4.78 is 5.05. The van der Waals surface area contributed by atoms with Gasteiger partial charge in [-0.25, -0.2) is 0 Å². The van der Waals surface area contributed by atoms with Gasteiger partial charge in [-0.3, -0.25) is 4.90 Å². The molecule has 1 heterocycles. The third kappa shape index (κ3) is 3.52. The maximum atomic E-state index is 5.05. The quantitative estimate of drug-likeness (QED) is 0.540. The molecule has 1 fully saturated rings. The minimum atomic E-state index is 0.762. The molecule has 0 N–H and O–H groups in total. The third-order valence-corrected chi connectivity index (χ3v) is 3.86. The molecule has 2 nitrogen and oxygen atoms in total. The molecule has 1 rings (SSSR count). The van der Waals surface area contributed by atoms with Gasteiger partial charge in [0.05, 0.1) is 0 Å². The van der Waals surface area contributed by atoms with Gasteiger partial charge < -0.3 is 4.74 Å². The standard InChI is InChI=1S/C11H22BrNO/c1-10-5-7-13(11(10)9-12)6-3-4-8-14-2/h10-11H,3-9H2,1-2H3. The lowest BCUT2D eigenvalue weighted by molar-refractivity contribution is 0.181. The average molecular weight is 264 g/mol. The van der Waals surface area contributed by atoms with Crippen molar-refractivity contribution in [1.29, 1.82) is 0 Å². The lowest BCUT2D eigenvalue weighted by Crippen LogP contribution is -2.34. The molecular formula is C11H22BrNO. The van der Waals surface area contributed by atoms with Crippen LogP contribution in [0.5, 0.6) is 0 Å². The van der Waals surface area contributed by atoms with Crippen molar-refractivity contribution in [2.75, 3.05) is 32.1 Å². The van der Waals surface area contributed by atoms with E-state index in [0.717, 1.165) is 23.9 Å². The number of rotatable bonds is 6. The number of alkyl halides is 1. The number of halogens is 1. The zero-order chi connectivity index (χ0) is 10.4. The van der Waals surface area contributed by atoms with Gasteiger partial charge >= 0.3 is 0 Å². The highest BCUT2D eigenvalue weighted by atomic mass is 79.9. The molecule has 0 aromatic heterocycles. The van der Waals surface area contributed by atoms with Crippen LogP contribution in [0, 0.1) is 5.92 Å². The number of ether oxygens (including phenoxy) is 1. The highest BCUT2D eigenvalue weighted by Gasteiger charge is 2.29. The fraction of sp³-hybridized carbons (Fsp3) is 1.00. The van der Waals surface area contributed by atoms with Crippen molar-refractivity contribution >= 4 is 15.9 Å². The van der Waals surface area contributed by atoms with Gasteiger partial charge in [-0.1, -0.05) is 22.9 Å². The van der Waals surface area contributed by atoms with Crippen LogP contribution in [0.25, 0.3) is 0 Å². The molecule has 14 heavy (non-hydrogen) atoms. The summed E-state index contributed by atoms with van der Waals surface area (Å²) in [5.74, 6) is 0.858. The third-order valence-electron chi connectivity index (χ3n) is 3.20. The number of hydrogen-bond donors (Lipinski definition) is 0. The van der Waals surface area contributed by atoms with E-state index in [4.69, 9.17) is 4.74 Å². The second kappa shape index (κ2) is 6.81. The summed E-state index contributed by atoms with van der Waals surface area (Å²) in [6, 6.07) is 0.762. The van der Waals surface area contributed by atoms with Gasteiger partial charge in [0, 0.05) is 25.1 Å². The topological polar surface area (TPSA) is 12.5 Å². The summed E-state index contributed by atoms with van der Waals surface area (Å²) in [6.45, 7) is 5.79. The maximum Gasteiger partial charge on any atom is 0.0462 e. The predicted octanol–water partition coefficient (Wildman–Crippen LogP) is 2.52. The van der Waals surface area contributed by atoms with Gasteiger partial charge in [0.15, 0.2) is 0 Å². The van der Waals surface area contributed by atoms with Crippen LogP contribution in [0.2, 0.25) is 0 Å². The fourth-order valence-electron chi connectivity index (χ4n) is 2.18. The predicted molar refractivity (Wildman–Crippen MR) is 64.0 cm³/mol. The summed E-state index contributed by atoms with van der Waals surface area (Å²) in [5, 5.41) is 1.12. The normalized spacial score (nSPS) is 28.5. The Balaban J connectivity index is 2.17. The zero-order valence-corrected chi connectivity index (χ0v) is 10.9. The highest BCUT2D eigenvalue weighted by Crippen LogP contribution is 2.25. The Morgan fingerprint density at radius 1 is 1.43 bits per heavy atom. The Morgan fingerprint density at radius 2 is 2.21 bits per heavy atom. The van der Waals surface area contributed by atoms with E-state index in [1.807, 2.05) is 0 Å². The number of unbranched alkanes of at least 4 members (excludes halogenated alkanes) is 1. The summed E-state index contributed by atoms with van der Waals surface area (Å²) in [4.78, 5) is 2.62. The lowest BCUT2D eigenvalue weighted by Gasteiger charge is -2.24. The number of likely N-dealkylation sites (tertiary alicyclic amines) is 1. The second-order valence-electron chi connectivity index (χ2n) is 4.22. The smallest absolute Gasteiger partial charge is 0.0462 e. The van der Waals surface area contributed by atoms with Crippen molar-refractivity contribution in [3.8, 4) is 0 Å². The van der Waals surface area contributed by atoms with Gasteiger partial charge in [0.25, 0.3) is 0 Å². The average Bonchev–Trinajstić information content (AvgIpc) is 2.54. The molecule has 1 saturated heterocycles. The number of hydrogen-bond acceptors (Lipinski definition) is 2. The van der Waals surface area contributed by atoms with Crippen LogP contribution in [0.15, 0.2) is 0 Å². The molecule has 2 unspecified atom stereocenters. The van der Waals surface area contributed by atoms with Crippen molar-refractivity contribution in [1.82, 2.24) is 4.90 Å². The molecule has 0 saturated carbocycles. The Bertz CT molecular complexity index is 154. The molecule has 0 spiro atoms. The highest BCUT2D eigenvalue weighted by molar-refractivity contribution is 9.09. The molecule has 3 heteroatoms. The molecule has 0 aromatic rings. The number of nitrogens with zero attached hydrogens (tertiary/aromatic N) is 1. The molecule has 0 aliphatic carbocycles. The second-order valence-corrected chi connectivity index (χ2v) is 4.87. The molecule has 0 radical (unpaired) electrons. The van der Waals surface area contributed by atoms with E-state index in [0.29, 0.717) is 0 Å². The molecule has 2 atom stereocenters. The summed E-state index contributed by atoms with van der Waals surface area (Å²) in [6.07, 6.45) is 3.82. The Morgan fingerprint density at radius 3 is 2.86 bits per heavy atom. The Hall–Kier alpha value is 0.400. The molecule has 1 aliphatic rings. The van der Waals surface area contributed by atoms with Crippen LogP contribution >= 0.6 is 15.9 Å². The van der Waals surface area contributed by atoms with Gasteiger partial charge in [-0.15, -0.1) is 0 Å². The van der Waals surface area contributed by atoms with E-state index in [-0.39, 0.29) is 0 Å². The minimum absolute atomic E-state index is 0.762. The summed E-state index contributed by atoms with van der Waals surface area (Å²) in [7, 11) is 1.78. The van der Waals surface area contributed by atoms with Gasteiger partial charge in [0.2, 0.25) is 0 Å². The van der Waals surface area contributed by atoms with Crippen LogP contribution in [0.4, 0.5) is 0 Å². The van der Waals surface area contributed by atoms with Crippen molar-refractivity contribution < 1.29 is 4.74 Å². The van der Waals surface area contributed by atoms with Crippen molar-refractivity contribution in [3.63, 3.8) is 0 Å². The van der Waals surface area contributed by atoms with Crippen molar-refractivity contribution in [3.05, 3.63) is 0 Å². The Labute approximate surface area is 96.1 Å². The van der Waals surface area contributed by atoms with Gasteiger partial charge in [0.1, 0.15) is 0 Å². The Kier molecular flexibility index (Phi) is 6.06. The van der Waals surface area contributed by atoms with E-state index in [1.165, 1.54) is 32.4 Å². The minimum Gasteiger partial charge on any atom is -0.385 e. The number of methoxy groups -OCH3 is 1. The zero-order valence-electron chi connectivity index (χ0n) is 9.34. The van der Waals surface area contributed by atoms with Crippen LogP contribution in [-0.4, -0.2) is 43.1 Å². The van der Waals surface area contributed by atoms with E-state index < -0.39 is 0 Å². The first-order chi connectivity index (χ1) is 6.79. The largest absolute Gasteiger partial charge is 0.385 e. The lowest BCUT2D eigenvalue weighted by atomic mass is 10.1. The van der Waals surface area contributed by atoms with Gasteiger partial charge in [-0.05, 0) is 38.3 Å².